The molecule has 1 N–H and O–H groups in total. The van der Waals surface area contributed by atoms with Crippen LogP contribution in [0.3, 0.4) is 0 Å². The quantitative estimate of drug-likeness (QED) is 0.348. The number of carbonyl (C=O) groups excluding carboxylic acids is 1. The van der Waals surface area contributed by atoms with Crippen LogP contribution in [0.15, 0.2) is 47.5 Å². The Morgan fingerprint density at radius 1 is 1.17 bits per heavy atom. The van der Waals surface area contributed by atoms with Crippen molar-refractivity contribution >= 4 is 45.7 Å². The summed E-state index contributed by atoms with van der Waals surface area (Å²) in [5, 5.41) is 4.20. The molecule has 0 saturated carbocycles. The number of amides is 1. The van der Waals surface area contributed by atoms with E-state index in [1.807, 2.05) is 36.4 Å². The van der Waals surface area contributed by atoms with E-state index in [2.05, 4.69) is 26.1 Å². The highest BCUT2D eigenvalue weighted by atomic mass is 35.5. The Morgan fingerprint density at radius 2 is 1.91 bits per heavy atom. The van der Waals surface area contributed by atoms with Gasteiger partial charge in [-0.25, -0.2) is 4.99 Å². The van der Waals surface area contributed by atoms with Crippen molar-refractivity contribution in [3.05, 3.63) is 69.1 Å². The van der Waals surface area contributed by atoms with Crippen LogP contribution in [0.1, 0.15) is 53.6 Å². The molecule has 0 fully saturated rings. The van der Waals surface area contributed by atoms with Crippen LogP contribution in [-0.2, 0) is 12.8 Å². The predicted octanol–water partition coefficient (Wildman–Crippen LogP) is 7.57. The highest BCUT2D eigenvalue weighted by Gasteiger charge is 2.33. The van der Waals surface area contributed by atoms with Gasteiger partial charge in [-0.15, -0.1) is 11.3 Å². The molecule has 1 aliphatic carbocycles. The third-order valence-electron chi connectivity index (χ3n) is 6.52. The van der Waals surface area contributed by atoms with E-state index in [-0.39, 0.29) is 11.3 Å². The Balaban J connectivity index is 1.72. The number of nitrogens with one attached hydrogen (secondary N) is 1. The Labute approximate surface area is 216 Å². The molecule has 0 bridgehead atoms. The molecule has 3 aromatic rings. The van der Waals surface area contributed by atoms with Crippen LogP contribution in [0.4, 0.5) is 10.7 Å². The molecule has 4 rings (SSSR count). The van der Waals surface area contributed by atoms with E-state index in [1.54, 1.807) is 37.8 Å². The zero-order chi connectivity index (χ0) is 25.2. The number of rotatable bonds is 6. The summed E-state index contributed by atoms with van der Waals surface area (Å²) in [6.07, 6.45) is 4.63. The van der Waals surface area contributed by atoms with Gasteiger partial charge in [-0.2, -0.15) is 0 Å². The molecule has 1 amide bonds. The maximum atomic E-state index is 13.5. The highest BCUT2D eigenvalue weighted by molar-refractivity contribution is 7.16. The summed E-state index contributed by atoms with van der Waals surface area (Å²) in [7, 11) is 3.12. The number of nitrogens with zero attached hydrogens (tertiary/aromatic N) is 1. The minimum absolute atomic E-state index is 0.125. The largest absolute Gasteiger partial charge is 0.493 e. The van der Waals surface area contributed by atoms with Gasteiger partial charge in [-0.1, -0.05) is 50.6 Å². The van der Waals surface area contributed by atoms with Crippen molar-refractivity contribution in [3.8, 4) is 11.5 Å². The van der Waals surface area contributed by atoms with E-state index in [0.717, 1.165) is 36.1 Å². The zero-order valence-corrected chi connectivity index (χ0v) is 22.3. The van der Waals surface area contributed by atoms with Gasteiger partial charge in [-0.05, 0) is 66.0 Å². The van der Waals surface area contributed by atoms with E-state index < -0.39 is 0 Å². The van der Waals surface area contributed by atoms with Crippen LogP contribution in [-0.4, -0.2) is 26.3 Å². The first-order chi connectivity index (χ1) is 16.7. The highest BCUT2D eigenvalue weighted by Crippen LogP contribution is 2.45. The Morgan fingerprint density at radius 3 is 2.57 bits per heavy atom. The number of anilines is 1. The number of halogens is 1. The first-order valence-corrected chi connectivity index (χ1v) is 12.9. The number of para-hydroxylation sites is 1. The monoisotopic (exact) mass is 510 g/mol. The first kappa shape index (κ1) is 25.3. The Hall–Kier alpha value is -2.83. The molecule has 2 aromatic carbocycles. The molecule has 7 heteroatoms. The Bertz CT molecular complexity index is 1250. The lowest BCUT2D eigenvalue weighted by molar-refractivity contribution is 0.102. The van der Waals surface area contributed by atoms with Crippen molar-refractivity contribution in [1.29, 1.82) is 0 Å². The number of hydrogen-bond donors (Lipinski definition) is 1. The molecular weight excluding hydrogens is 480 g/mol. The second kappa shape index (κ2) is 10.4. The van der Waals surface area contributed by atoms with Crippen molar-refractivity contribution in [2.45, 2.75) is 40.0 Å². The molecule has 35 heavy (non-hydrogen) atoms. The van der Waals surface area contributed by atoms with Crippen LogP contribution in [0, 0.1) is 11.3 Å². The van der Waals surface area contributed by atoms with Gasteiger partial charge in [0.1, 0.15) is 5.00 Å². The molecule has 0 spiro atoms. The smallest absolute Gasteiger partial charge is 0.259 e. The lowest BCUT2D eigenvalue weighted by Crippen LogP contribution is -2.27. The van der Waals surface area contributed by atoms with E-state index in [0.29, 0.717) is 33.0 Å². The van der Waals surface area contributed by atoms with Gasteiger partial charge in [0.25, 0.3) is 5.91 Å². The average Bonchev–Trinajstić information content (AvgIpc) is 3.20. The maximum Gasteiger partial charge on any atom is 0.259 e. The van der Waals surface area contributed by atoms with Gasteiger partial charge in [0.05, 0.1) is 24.8 Å². The normalized spacial score (nSPS) is 15.7. The minimum atomic E-state index is -0.125. The molecule has 1 atom stereocenters. The number of aliphatic imine (C=N–C) groups is 1. The number of carbonyl (C=O) groups is 1. The van der Waals surface area contributed by atoms with Gasteiger partial charge in [-0.3, -0.25) is 4.79 Å². The van der Waals surface area contributed by atoms with Crippen LogP contribution in [0.5, 0.6) is 11.5 Å². The second-order valence-electron chi connectivity index (χ2n) is 9.81. The van der Waals surface area contributed by atoms with Gasteiger partial charge in [0, 0.05) is 16.8 Å². The molecule has 0 aliphatic heterocycles. The summed E-state index contributed by atoms with van der Waals surface area (Å²) in [6.45, 7) is 6.87. The van der Waals surface area contributed by atoms with Gasteiger partial charge in [0.2, 0.25) is 0 Å². The van der Waals surface area contributed by atoms with Crippen LogP contribution >= 0.6 is 22.9 Å². The number of fused-ring (bicyclic) bond motifs is 1. The fourth-order valence-corrected chi connectivity index (χ4v) is 6.06. The number of methoxy groups -OCH3 is 2. The summed E-state index contributed by atoms with van der Waals surface area (Å²) in [5.74, 6) is 1.46. The fraction of sp³-hybridized carbons (Fsp3) is 0.357. The lowest BCUT2D eigenvalue weighted by atomic mass is 9.72. The summed E-state index contributed by atoms with van der Waals surface area (Å²) >= 11 is 7.99. The lowest BCUT2D eigenvalue weighted by Gasteiger charge is -2.33. The van der Waals surface area contributed by atoms with Crippen LogP contribution in [0.25, 0.3) is 0 Å². The molecule has 0 unspecified atom stereocenters. The number of hydrogen-bond acceptors (Lipinski definition) is 5. The number of benzene rings is 2. The van der Waals surface area contributed by atoms with Crippen molar-refractivity contribution in [2.24, 2.45) is 16.3 Å². The third-order valence-corrected chi connectivity index (χ3v) is 7.96. The summed E-state index contributed by atoms with van der Waals surface area (Å²) in [5.41, 5.74) is 3.54. The summed E-state index contributed by atoms with van der Waals surface area (Å²) < 4.78 is 10.7. The molecular formula is C28H31ClN2O3S. The average molecular weight is 511 g/mol. The SMILES string of the molecule is COc1cc(C=Nc2sc3c(c2C(=O)Nc2ccccc2)CC[C@H](C(C)(C)C)C3)cc(Cl)c1OC. The van der Waals surface area contributed by atoms with Crippen molar-refractivity contribution in [1.82, 2.24) is 0 Å². The molecule has 1 aliphatic rings. The van der Waals surface area contributed by atoms with Crippen molar-refractivity contribution < 1.29 is 14.3 Å². The van der Waals surface area contributed by atoms with E-state index in [4.69, 9.17) is 26.1 Å². The number of thiophene rings is 1. The molecule has 1 aromatic heterocycles. The van der Waals surface area contributed by atoms with E-state index >= 15 is 0 Å². The van der Waals surface area contributed by atoms with E-state index in [9.17, 15) is 4.79 Å². The molecule has 1 heterocycles. The first-order valence-electron chi connectivity index (χ1n) is 11.7. The minimum Gasteiger partial charge on any atom is -0.493 e. The molecule has 0 saturated heterocycles. The van der Waals surface area contributed by atoms with Gasteiger partial charge < -0.3 is 14.8 Å². The predicted molar refractivity (Wildman–Crippen MR) is 145 cm³/mol. The van der Waals surface area contributed by atoms with Gasteiger partial charge >= 0.3 is 0 Å². The van der Waals surface area contributed by atoms with Crippen molar-refractivity contribution in [2.75, 3.05) is 19.5 Å². The topological polar surface area (TPSA) is 59.9 Å². The van der Waals surface area contributed by atoms with E-state index in [1.165, 1.54) is 4.88 Å². The molecule has 184 valence electrons. The van der Waals surface area contributed by atoms with Gasteiger partial charge in [0.15, 0.2) is 11.5 Å². The molecule has 0 radical (unpaired) electrons. The van der Waals surface area contributed by atoms with Crippen molar-refractivity contribution in [3.63, 3.8) is 0 Å². The zero-order valence-electron chi connectivity index (χ0n) is 20.8. The summed E-state index contributed by atoms with van der Waals surface area (Å²) in [4.78, 5) is 19.5. The standard InChI is InChI=1S/C28H31ClN2O3S/c1-28(2,3)18-11-12-20-23(15-18)35-27(24(20)26(32)31-19-9-7-6-8-10-19)30-16-17-13-21(29)25(34-5)22(14-17)33-4/h6-10,13-14,16,18H,11-12,15H2,1-5H3,(H,31,32)/t18-/m0/s1. The third kappa shape index (κ3) is 5.54. The number of ether oxygens (including phenoxy) is 2. The second-order valence-corrected chi connectivity index (χ2v) is 11.3. The van der Waals surface area contributed by atoms with Crippen LogP contribution < -0.4 is 14.8 Å². The fourth-order valence-electron chi connectivity index (χ4n) is 4.50. The van der Waals surface area contributed by atoms with Crippen LogP contribution in [0.2, 0.25) is 5.02 Å². The maximum absolute atomic E-state index is 13.5. The Kier molecular flexibility index (Phi) is 7.53. The summed E-state index contributed by atoms with van der Waals surface area (Å²) in [6, 6.07) is 13.1. The molecule has 5 nitrogen and oxygen atoms in total.